The number of benzene rings is 1. The Morgan fingerprint density at radius 2 is 1.94 bits per heavy atom. The highest BCUT2D eigenvalue weighted by molar-refractivity contribution is 5.76. The molecule has 0 saturated heterocycles. The zero-order valence-electron chi connectivity index (χ0n) is 11.7. The third-order valence-electron chi connectivity index (χ3n) is 2.88. The van der Waals surface area contributed by atoms with Crippen molar-refractivity contribution in [2.45, 2.75) is 20.3 Å². The van der Waals surface area contributed by atoms with Gasteiger partial charge in [0.25, 0.3) is 0 Å². The Bertz CT molecular complexity index is 429. The van der Waals surface area contributed by atoms with E-state index in [0.717, 1.165) is 22.7 Å². The van der Waals surface area contributed by atoms with Gasteiger partial charge in [-0.15, -0.1) is 0 Å². The van der Waals surface area contributed by atoms with Crippen molar-refractivity contribution in [2.75, 3.05) is 32.7 Å². The Hall–Kier alpha value is -1.71. The largest absolute Gasteiger partial charge is 0.497 e. The Labute approximate surface area is 108 Å². The first-order valence-electron chi connectivity index (χ1n) is 5.92. The van der Waals surface area contributed by atoms with Crippen LogP contribution in [-0.2, 0) is 4.79 Å². The van der Waals surface area contributed by atoms with Crippen molar-refractivity contribution >= 4 is 11.5 Å². The summed E-state index contributed by atoms with van der Waals surface area (Å²) in [6, 6.07) is 3.81. The molecule has 1 rings (SSSR count). The van der Waals surface area contributed by atoms with E-state index in [2.05, 4.69) is 0 Å². The summed E-state index contributed by atoms with van der Waals surface area (Å²) in [7, 11) is 5.23. The number of aryl methyl sites for hydroxylation is 1. The van der Waals surface area contributed by atoms with Crippen molar-refractivity contribution in [3.63, 3.8) is 0 Å². The maximum Gasteiger partial charge on any atom is 0.146 e. The van der Waals surface area contributed by atoms with Crippen LogP contribution in [0.25, 0.3) is 0 Å². The molecule has 4 heteroatoms. The zero-order chi connectivity index (χ0) is 13.7. The smallest absolute Gasteiger partial charge is 0.146 e. The molecule has 0 aliphatic heterocycles. The Morgan fingerprint density at radius 1 is 1.28 bits per heavy atom. The monoisotopic (exact) mass is 251 g/mol. The molecule has 0 radical (unpaired) electrons. The van der Waals surface area contributed by atoms with Crippen LogP contribution < -0.4 is 14.4 Å². The Kier molecular flexibility index (Phi) is 5.01. The molecule has 4 nitrogen and oxygen atoms in total. The fourth-order valence-electron chi connectivity index (χ4n) is 1.91. The molecular formula is C14H21NO3. The number of nitrogens with zero attached hydrogens (tertiary/aromatic N) is 1. The first-order valence-corrected chi connectivity index (χ1v) is 5.92. The molecule has 0 amide bonds. The van der Waals surface area contributed by atoms with Crippen LogP contribution in [0.5, 0.6) is 11.5 Å². The molecule has 1 aromatic carbocycles. The highest BCUT2D eigenvalue weighted by Crippen LogP contribution is 2.35. The summed E-state index contributed by atoms with van der Waals surface area (Å²) in [6.07, 6.45) is 0.533. The van der Waals surface area contributed by atoms with Crippen LogP contribution in [0.2, 0.25) is 0 Å². The van der Waals surface area contributed by atoms with Gasteiger partial charge < -0.3 is 14.4 Å². The molecule has 0 atom stereocenters. The van der Waals surface area contributed by atoms with Crippen molar-refractivity contribution in [3.05, 3.63) is 17.7 Å². The fourth-order valence-corrected chi connectivity index (χ4v) is 1.91. The van der Waals surface area contributed by atoms with Crippen LogP contribution in [-0.4, -0.2) is 33.6 Å². The highest BCUT2D eigenvalue weighted by atomic mass is 16.5. The van der Waals surface area contributed by atoms with Gasteiger partial charge in [-0.2, -0.15) is 0 Å². The number of ketones is 1. The van der Waals surface area contributed by atoms with E-state index in [0.29, 0.717) is 13.0 Å². The number of hydrogen-bond donors (Lipinski definition) is 0. The van der Waals surface area contributed by atoms with Gasteiger partial charge in [-0.05, 0) is 25.5 Å². The third-order valence-corrected chi connectivity index (χ3v) is 2.88. The number of Topliss-reactive ketones (excluding diaryl/α,β-unsaturated/α-hetero) is 1. The summed E-state index contributed by atoms with van der Waals surface area (Å²) in [4.78, 5) is 13.1. The van der Waals surface area contributed by atoms with E-state index < -0.39 is 0 Å². The summed E-state index contributed by atoms with van der Waals surface area (Å²) in [5.41, 5.74) is 2.07. The number of methoxy groups -OCH3 is 2. The van der Waals surface area contributed by atoms with Crippen LogP contribution in [0.1, 0.15) is 18.9 Å². The average Bonchev–Trinajstić information content (AvgIpc) is 2.34. The second-order valence-electron chi connectivity index (χ2n) is 4.37. The lowest BCUT2D eigenvalue weighted by atomic mass is 10.1. The summed E-state index contributed by atoms with van der Waals surface area (Å²) in [5.74, 6) is 1.72. The summed E-state index contributed by atoms with van der Waals surface area (Å²) < 4.78 is 10.6. The molecular weight excluding hydrogens is 230 g/mol. The Balaban J connectivity index is 3.02. The quantitative estimate of drug-likeness (QED) is 0.778. The lowest BCUT2D eigenvalue weighted by Crippen LogP contribution is -2.22. The highest BCUT2D eigenvalue weighted by Gasteiger charge is 2.13. The fraction of sp³-hybridized carbons (Fsp3) is 0.500. The predicted molar refractivity (Wildman–Crippen MR) is 72.9 cm³/mol. The number of hydrogen-bond acceptors (Lipinski definition) is 4. The van der Waals surface area contributed by atoms with Gasteiger partial charge in [0.2, 0.25) is 0 Å². The molecule has 0 aliphatic carbocycles. The molecule has 0 heterocycles. The van der Waals surface area contributed by atoms with Gasteiger partial charge >= 0.3 is 0 Å². The molecule has 100 valence electrons. The molecule has 0 unspecified atom stereocenters. The van der Waals surface area contributed by atoms with E-state index in [-0.39, 0.29) is 5.78 Å². The van der Waals surface area contributed by atoms with Gasteiger partial charge in [0.1, 0.15) is 17.3 Å². The number of ether oxygens (including phenoxy) is 2. The van der Waals surface area contributed by atoms with Gasteiger partial charge in [0.15, 0.2) is 0 Å². The average molecular weight is 251 g/mol. The second-order valence-corrected chi connectivity index (χ2v) is 4.37. The number of carbonyl (C=O) groups excluding carboxylic acids is 1. The second kappa shape index (κ2) is 6.28. The van der Waals surface area contributed by atoms with Gasteiger partial charge in [-0.1, -0.05) is 0 Å². The van der Waals surface area contributed by atoms with E-state index in [1.807, 2.05) is 31.0 Å². The van der Waals surface area contributed by atoms with Gasteiger partial charge in [0, 0.05) is 26.1 Å². The van der Waals surface area contributed by atoms with E-state index in [1.54, 1.807) is 21.1 Å². The molecule has 1 aromatic rings. The van der Waals surface area contributed by atoms with Crippen molar-refractivity contribution in [3.8, 4) is 11.5 Å². The summed E-state index contributed by atoms with van der Waals surface area (Å²) >= 11 is 0. The lowest BCUT2D eigenvalue weighted by Gasteiger charge is -2.24. The Morgan fingerprint density at radius 3 is 2.44 bits per heavy atom. The SMILES string of the molecule is COc1cc(C)c(N(C)CCC(C)=O)c(OC)c1. The first kappa shape index (κ1) is 14.4. The molecule has 0 saturated carbocycles. The number of anilines is 1. The van der Waals surface area contributed by atoms with Crippen molar-refractivity contribution < 1.29 is 14.3 Å². The first-order chi connectivity index (χ1) is 8.49. The van der Waals surface area contributed by atoms with E-state index in [1.165, 1.54) is 0 Å². The molecule has 0 aromatic heterocycles. The van der Waals surface area contributed by atoms with Gasteiger partial charge in [0.05, 0.1) is 19.9 Å². The summed E-state index contributed by atoms with van der Waals surface area (Å²) in [5, 5.41) is 0. The van der Waals surface area contributed by atoms with Gasteiger partial charge in [-0.3, -0.25) is 4.79 Å². The topological polar surface area (TPSA) is 38.8 Å². The number of rotatable bonds is 6. The standard InChI is InChI=1S/C14H21NO3/c1-10-8-12(17-4)9-13(18-5)14(10)15(3)7-6-11(2)16/h8-9H,6-7H2,1-5H3. The predicted octanol–water partition coefficient (Wildman–Crippen LogP) is 2.43. The van der Waals surface area contributed by atoms with Gasteiger partial charge in [-0.25, -0.2) is 0 Å². The molecule has 0 fully saturated rings. The minimum absolute atomic E-state index is 0.187. The summed E-state index contributed by atoms with van der Waals surface area (Å²) in [6.45, 7) is 4.29. The minimum Gasteiger partial charge on any atom is -0.497 e. The van der Waals surface area contributed by atoms with Crippen LogP contribution in [0.3, 0.4) is 0 Å². The van der Waals surface area contributed by atoms with Crippen molar-refractivity contribution in [2.24, 2.45) is 0 Å². The zero-order valence-corrected chi connectivity index (χ0v) is 11.7. The molecule has 0 spiro atoms. The number of carbonyl (C=O) groups is 1. The van der Waals surface area contributed by atoms with Crippen molar-refractivity contribution in [1.29, 1.82) is 0 Å². The normalized spacial score (nSPS) is 10.1. The van der Waals surface area contributed by atoms with E-state index in [9.17, 15) is 4.79 Å². The van der Waals surface area contributed by atoms with Crippen LogP contribution in [0, 0.1) is 6.92 Å². The van der Waals surface area contributed by atoms with E-state index >= 15 is 0 Å². The molecule has 0 N–H and O–H groups in total. The molecule has 18 heavy (non-hydrogen) atoms. The maximum absolute atomic E-state index is 11.0. The molecule has 0 aliphatic rings. The van der Waals surface area contributed by atoms with Crippen LogP contribution in [0.4, 0.5) is 5.69 Å². The van der Waals surface area contributed by atoms with E-state index in [4.69, 9.17) is 9.47 Å². The maximum atomic E-state index is 11.0. The van der Waals surface area contributed by atoms with Crippen LogP contribution >= 0.6 is 0 Å². The third kappa shape index (κ3) is 3.39. The minimum atomic E-state index is 0.187. The molecule has 0 bridgehead atoms. The lowest BCUT2D eigenvalue weighted by molar-refractivity contribution is -0.116. The van der Waals surface area contributed by atoms with Crippen molar-refractivity contribution in [1.82, 2.24) is 0 Å². The van der Waals surface area contributed by atoms with Crippen LogP contribution in [0.15, 0.2) is 12.1 Å².